The van der Waals surface area contributed by atoms with Gasteiger partial charge in [0.2, 0.25) is 0 Å². The van der Waals surface area contributed by atoms with Crippen molar-refractivity contribution in [1.82, 2.24) is 15.5 Å². The maximum Gasteiger partial charge on any atom is 0.252 e. The van der Waals surface area contributed by atoms with Gasteiger partial charge in [0.15, 0.2) is 5.82 Å². The van der Waals surface area contributed by atoms with E-state index in [1.54, 1.807) is 0 Å². The van der Waals surface area contributed by atoms with Crippen LogP contribution in [0.5, 0.6) is 0 Å². The summed E-state index contributed by atoms with van der Waals surface area (Å²) in [5.41, 5.74) is 0. The number of aryl methyl sites for hydroxylation is 1. The first-order chi connectivity index (χ1) is 7.88. The van der Waals surface area contributed by atoms with E-state index in [1.807, 2.05) is 6.92 Å². The molecular weight excluding hydrogens is 206 g/mol. The summed E-state index contributed by atoms with van der Waals surface area (Å²) in [4.78, 5) is 4.19. The molecule has 1 atom stereocenters. The number of hydrogen-bond donors (Lipinski definition) is 1. The zero-order chi connectivity index (χ0) is 11.2. The van der Waals surface area contributed by atoms with Crippen molar-refractivity contribution in [2.75, 3.05) is 19.7 Å². The van der Waals surface area contributed by atoms with Gasteiger partial charge in [-0.25, -0.2) is 0 Å². The molecule has 1 aromatic rings. The molecule has 16 heavy (non-hydrogen) atoms. The number of aromatic nitrogens is 2. The van der Waals surface area contributed by atoms with Gasteiger partial charge in [0, 0.05) is 13.0 Å². The second-order valence-electron chi connectivity index (χ2n) is 4.19. The summed E-state index contributed by atoms with van der Waals surface area (Å²) < 4.78 is 10.6. The monoisotopic (exact) mass is 225 g/mol. The lowest BCUT2D eigenvalue weighted by atomic mass is 10.0. The van der Waals surface area contributed by atoms with Crippen LogP contribution in [-0.4, -0.2) is 29.8 Å². The van der Waals surface area contributed by atoms with Crippen molar-refractivity contribution >= 4 is 0 Å². The van der Waals surface area contributed by atoms with Crippen molar-refractivity contribution in [2.45, 2.75) is 32.8 Å². The highest BCUT2D eigenvalue weighted by molar-refractivity contribution is 4.83. The molecule has 0 spiro atoms. The predicted octanol–water partition coefficient (Wildman–Crippen LogP) is 1.15. The zero-order valence-corrected chi connectivity index (χ0v) is 9.74. The van der Waals surface area contributed by atoms with Crippen molar-refractivity contribution in [3.8, 4) is 0 Å². The molecule has 0 amide bonds. The predicted molar refractivity (Wildman–Crippen MR) is 58.9 cm³/mol. The van der Waals surface area contributed by atoms with E-state index in [-0.39, 0.29) is 0 Å². The van der Waals surface area contributed by atoms with Crippen LogP contribution in [-0.2, 0) is 17.8 Å². The highest BCUT2D eigenvalue weighted by Crippen LogP contribution is 2.11. The summed E-state index contributed by atoms with van der Waals surface area (Å²) in [6, 6.07) is 0. The van der Waals surface area contributed by atoms with E-state index >= 15 is 0 Å². The molecule has 1 saturated heterocycles. The number of rotatable bonds is 5. The Hall–Kier alpha value is -0.940. The summed E-state index contributed by atoms with van der Waals surface area (Å²) in [7, 11) is 0. The fraction of sp³-hybridized carbons (Fsp3) is 0.818. The fourth-order valence-corrected chi connectivity index (χ4v) is 1.87. The zero-order valence-electron chi connectivity index (χ0n) is 9.74. The summed E-state index contributed by atoms with van der Waals surface area (Å²) in [5, 5.41) is 7.19. The van der Waals surface area contributed by atoms with E-state index in [0.29, 0.717) is 18.4 Å². The van der Waals surface area contributed by atoms with Crippen LogP contribution in [0.2, 0.25) is 0 Å². The third-order valence-corrected chi connectivity index (χ3v) is 2.80. The second kappa shape index (κ2) is 5.96. The minimum absolute atomic E-state index is 0.434. The van der Waals surface area contributed by atoms with Gasteiger partial charge >= 0.3 is 0 Å². The minimum atomic E-state index is 0.434. The van der Waals surface area contributed by atoms with Crippen LogP contribution < -0.4 is 5.32 Å². The molecule has 0 aliphatic carbocycles. The van der Waals surface area contributed by atoms with Crippen molar-refractivity contribution in [2.24, 2.45) is 5.92 Å². The van der Waals surface area contributed by atoms with Gasteiger partial charge in [0.05, 0.1) is 6.61 Å². The van der Waals surface area contributed by atoms with Gasteiger partial charge in [-0.05, 0) is 25.3 Å². The van der Waals surface area contributed by atoms with E-state index < -0.39 is 0 Å². The molecule has 5 nitrogen and oxygen atoms in total. The summed E-state index contributed by atoms with van der Waals surface area (Å²) >= 11 is 0. The van der Waals surface area contributed by atoms with Gasteiger partial charge in [-0.3, -0.25) is 0 Å². The maximum absolute atomic E-state index is 5.58. The first kappa shape index (κ1) is 11.5. The first-order valence-electron chi connectivity index (χ1n) is 5.98. The molecule has 1 unspecified atom stereocenters. The van der Waals surface area contributed by atoms with Crippen LogP contribution in [0.4, 0.5) is 0 Å². The molecule has 1 aromatic heterocycles. The lowest BCUT2D eigenvalue weighted by Gasteiger charge is -2.21. The second-order valence-corrected chi connectivity index (χ2v) is 4.19. The highest BCUT2D eigenvalue weighted by atomic mass is 16.5. The highest BCUT2D eigenvalue weighted by Gasteiger charge is 2.13. The Morgan fingerprint density at radius 2 is 2.50 bits per heavy atom. The van der Waals surface area contributed by atoms with Gasteiger partial charge in [-0.2, -0.15) is 4.98 Å². The number of nitrogens with zero attached hydrogens (tertiary/aromatic N) is 2. The Labute approximate surface area is 95.6 Å². The molecule has 1 N–H and O–H groups in total. The van der Waals surface area contributed by atoms with Crippen LogP contribution in [0, 0.1) is 5.92 Å². The number of hydrogen-bond acceptors (Lipinski definition) is 5. The van der Waals surface area contributed by atoms with Crippen molar-refractivity contribution < 1.29 is 9.26 Å². The van der Waals surface area contributed by atoms with Crippen LogP contribution in [0.1, 0.15) is 31.5 Å². The van der Waals surface area contributed by atoms with Crippen LogP contribution in [0.15, 0.2) is 4.52 Å². The van der Waals surface area contributed by atoms with Crippen LogP contribution >= 0.6 is 0 Å². The first-order valence-corrected chi connectivity index (χ1v) is 5.98. The third kappa shape index (κ3) is 3.28. The molecular formula is C11H19N3O2. The standard InChI is InChI=1S/C11H19N3O2/c1-2-10-13-11(16-14-10)8-15-7-9-4-3-5-12-6-9/h9,12H,2-8H2,1H3. The van der Waals surface area contributed by atoms with E-state index in [9.17, 15) is 0 Å². The Bertz CT molecular complexity index is 308. The molecule has 0 radical (unpaired) electrons. The summed E-state index contributed by atoms with van der Waals surface area (Å²) in [5.74, 6) is 1.96. The Morgan fingerprint density at radius 1 is 1.56 bits per heavy atom. The largest absolute Gasteiger partial charge is 0.371 e. The average molecular weight is 225 g/mol. The Balaban J connectivity index is 1.66. The molecule has 90 valence electrons. The normalized spacial score (nSPS) is 21.2. The topological polar surface area (TPSA) is 60.2 Å². The summed E-state index contributed by atoms with van der Waals surface area (Å²) in [6.07, 6.45) is 3.29. The van der Waals surface area contributed by atoms with Crippen molar-refractivity contribution in [3.05, 3.63) is 11.7 Å². The minimum Gasteiger partial charge on any atom is -0.371 e. The summed E-state index contributed by atoms with van der Waals surface area (Å²) in [6.45, 7) is 5.41. The Morgan fingerprint density at radius 3 is 3.19 bits per heavy atom. The Kier molecular flexibility index (Phi) is 4.30. The molecule has 1 fully saturated rings. The SMILES string of the molecule is CCc1noc(COCC2CCCNC2)n1. The van der Waals surface area contributed by atoms with Crippen molar-refractivity contribution in [3.63, 3.8) is 0 Å². The van der Waals surface area contributed by atoms with E-state index in [2.05, 4.69) is 15.5 Å². The van der Waals surface area contributed by atoms with Gasteiger partial charge in [-0.1, -0.05) is 12.1 Å². The van der Waals surface area contributed by atoms with Gasteiger partial charge < -0.3 is 14.6 Å². The molecule has 0 bridgehead atoms. The van der Waals surface area contributed by atoms with Crippen LogP contribution in [0.3, 0.4) is 0 Å². The van der Waals surface area contributed by atoms with E-state index in [4.69, 9.17) is 9.26 Å². The van der Waals surface area contributed by atoms with E-state index in [0.717, 1.165) is 31.9 Å². The lowest BCUT2D eigenvalue weighted by Crippen LogP contribution is -2.32. The molecule has 5 heteroatoms. The molecule has 2 rings (SSSR count). The van der Waals surface area contributed by atoms with Crippen LogP contribution in [0.25, 0.3) is 0 Å². The lowest BCUT2D eigenvalue weighted by molar-refractivity contribution is 0.0619. The van der Waals surface area contributed by atoms with Gasteiger partial charge in [0.25, 0.3) is 5.89 Å². The molecule has 1 aliphatic rings. The molecule has 2 heterocycles. The fourth-order valence-electron chi connectivity index (χ4n) is 1.87. The number of piperidine rings is 1. The van der Waals surface area contributed by atoms with E-state index in [1.165, 1.54) is 12.8 Å². The quantitative estimate of drug-likeness (QED) is 0.814. The third-order valence-electron chi connectivity index (χ3n) is 2.80. The number of nitrogens with one attached hydrogen (secondary N) is 1. The average Bonchev–Trinajstić information content (AvgIpc) is 2.78. The van der Waals surface area contributed by atoms with Crippen molar-refractivity contribution in [1.29, 1.82) is 0 Å². The smallest absolute Gasteiger partial charge is 0.252 e. The molecule has 0 aromatic carbocycles. The molecule has 0 saturated carbocycles. The maximum atomic E-state index is 5.58. The van der Waals surface area contributed by atoms with Gasteiger partial charge in [0.1, 0.15) is 6.61 Å². The number of ether oxygens (including phenoxy) is 1. The molecule has 1 aliphatic heterocycles. The van der Waals surface area contributed by atoms with Gasteiger partial charge in [-0.15, -0.1) is 0 Å².